The van der Waals surface area contributed by atoms with Crippen molar-refractivity contribution >= 4 is 0 Å². The molecule has 5 heteroatoms. The molecular weight excluding hydrogens is 336 g/mol. The molecule has 3 heterocycles. The number of hydrogen-bond donors (Lipinski definition) is 0. The third-order valence-corrected chi connectivity index (χ3v) is 5.07. The van der Waals surface area contributed by atoms with Gasteiger partial charge in [-0.2, -0.15) is 5.10 Å². The molecule has 2 aromatic heterocycles. The number of benzene rings is 2. The van der Waals surface area contributed by atoms with Crippen molar-refractivity contribution in [3.8, 4) is 16.9 Å². The van der Waals surface area contributed by atoms with Crippen molar-refractivity contribution in [3.63, 3.8) is 0 Å². The van der Waals surface area contributed by atoms with Crippen LogP contribution >= 0.6 is 0 Å². The van der Waals surface area contributed by atoms with E-state index in [-0.39, 0.29) is 0 Å². The average molecular weight is 356 g/mol. The van der Waals surface area contributed by atoms with Gasteiger partial charge in [-0.15, -0.1) is 0 Å². The fourth-order valence-electron chi connectivity index (χ4n) is 3.66. The predicted molar refractivity (Wildman–Crippen MR) is 103 cm³/mol. The van der Waals surface area contributed by atoms with Crippen LogP contribution in [0.1, 0.15) is 16.9 Å². The molecule has 1 aliphatic rings. The van der Waals surface area contributed by atoms with E-state index in [1.54, 1.807) is 6.20 Å². The normalized spacial score (nSPS) is 14.2. The molecule has 0 bridgehead atoms. The Balaban J connectivity index is 1.33. The van der Waals surface area contributed by atoms with Crippen LogP contribution in [0.5, 0.6) is 0 Å². The van der Waals surface area contributed by atoms with Gasteiger partial charge in [-0.05, 0) is 23.8 Å². The molecule has 0 unspecified atom stereocenters. The van der Waals surface area contributed by atoms with E-state index < -0.39 is 0 Å². The summed E-state index contributed by atoms with van der Waals surface area (Å²) in [6.45, 7) is 2.76. The molecule has 0 saturated heterocycles. The summed E-state index contributed by atoms with van der Waals surface area (Å²) in [6.07, 6.45) is 4.65. The van der Waals surface area contributed by atoms with E-state index in [0.29, 0.717) is 0 Å². The number of hydrogen-bond acceptors (Lipinski definition) is 4. The predicted octanol–water partition coefficient (Wildman–Crippen LogP) is 4.09. The molecule has 27 heavy (non-hydrogen) atoms. The van der Waals surface area contributed by atoms with Crippen molar-refractivity contribution in [2.75, 3.05) is 6.54 Å². The van der Waals surface area contributed by atoms with E-state index in [1.807, 2.05) is 35.1 Å². The second-order valence-corrected chi connectivity index (χ2v) is 6.88. The molecule has 0 aliphatic carbocycles. The average Bonchev–Trinajstić information content (AvgIpc) is 3.39. The maximum atomic E-state index is 5.61. The van der Waals surface area contributed by atoms with Gasteiger partial charge in [-0.3, -0.25) is 4.90 Å². The van der Waals surface area contributed by atoms with E-state index >= 15 is 0 Å². The van der Waals surface area contributed by atoms with Gasteiger partial charge in [0.15, 0.2) is 0 Å². The van der Waals surface area contributed by atoms with E-state index in [9.17, 15) is 0 Å². The lowest BCUT2D eigenvalue weighted by atomic mass is 10.0. The lowest BCUT2D eigenvalue weighted by molar-refractivity contribution is 0.228. The number of rotatable bonds is 4. The van der Waals surface area contributed by atoms with Gasteiger partial charge >= 0.3 is 0 Å². The van der Waals surface area contributed by atoms with Crippen LogP contribution in [0.2, 0.25) is 0 Å². The molecule has 0 fully saturated rings. The van der Waals surface area contributed by atoms with E-state index in [1.165, 1.54) is 11.1 Å². The van der Waals surface area contributed by atoms with Crippen molar-refractivity contribution in [3.05, 3.63) is 89.9 Å². The molecule has 0 saturated carbocycles. The molecule has 0 radical (unpaired) electrons. The molecular formula is C22H20N4O. The standard InChI is InChI=1S/C22H20N4O/c1-2-5-18(6-3-1)22-20-16-25(14-11-21(20)27-24-22)15-17-7-9-19(10-8-17)26-13-4-12-23-26/h1-10,12-13H,11,14-16H2. The molecule has 4 aromatic rings. The summed E-state index contributed by atoms with van der Waals surface area (Å²) in [5.41, 5.74) is 5.69. The van der Waals surface area contributed by atoms with Crippen LogP contribution in [0, 0.1) is 0 Å². The van der Waals surface area contributed by atoms with Crippen LogP contribution in [0.4, 0.5) is 0 Å². The highest BCUT2D eigenvalue weighted by Gasteiger charge is 2.24. The molecule has 2 aromatic carbocycles. The van der Waals surface area contributed by atoms with Crippen LogP contribution in [-0.2, 0) is 19.5 Å². The molecule has 0 N–H and O–H groups in total. The second kappa shape index (κ2) is 6.85. The highest BCUT2D eigenvalue weighted by molar-refractivity contribution is 5.63. The molecule has 0 amide bonds. The van der Waals surface area contributed by atoms with Crippen molar-refractivity contribution in [1.82, 2.24) is 19.8 Å². The molecule has 0 atom stereocenters. The monoisotopic (exact) mass is 356 g/mol. The van der Waals surface area contributed by atoms with Gasteiger partial charge < -0.3 is 4.52 Å². The van der Waals surface area contributed by atoms with Gasteiger partial charge in [0.05, 0.1) is 5.69 Å². The summed E-state index contributed by atoms with van der Waals surface area (Å²) < 4.78 is 7.49. The number of nitrogens with zero attached hydrogens (tertiary/aromatic N) is 4. The Bertz CT molecular complexity index is 1020. The highest BCUT2D eigenvalue weighted by atomic mass is 16.5. The molecule has 134 valence electrons. The Kier molecular flexibility index (Phi) is 4.07. The van der Waals surface area contributed by atoms with Gasteiger partial charge in [0.1, 0.15) is 11.5 Å². The summed E-state index contributed by atoms with van der Waals surface area (Å²) in [4.78, 5) is 2.45. The maximum absolute atomic E-state index is 5.61. The van der Waals surface area contributed by atoms with Gasteiger partial charge in [0.2, 0.25) is 0 Å². The van der Waals surface area contributed by atoms with E-state index in [0.717, 1.165) is 48.8 Å². The number of aromatic nitrogens is 3. The summed E-state index contributed by atoms with van der Waals surface area (Å²) in [6, 6.07) is 20.8. The first-order chi connectivity index (χ1) is 13.4. The Morgan fingerprint density at radius 3 is 2.59 bits per heavy atom. The topological polar surface area (TPSA) is 47.1 Å². The van der Waals surface area contributed by atoms with Crippen molar-refractivity contribution < 1.29 is 4.52 Å². The summed E-state index contributed by atoms with van der Waals surface area (Å²) in [5, 5.41) is 8.62. The van der Waals surface area contributed by atoms with Crippen LogP contribution < -0.4 is 0 Å². The molecule has 5 rings (SSSR count). The SMILES string of the molecule is c1ccc(-c2noc3c2CN(Cc2ccc(-n4cccn4)cc2)CC3)cc1. The maximum Gasteiger partial charge on any atom is 0.143 e. The third-order valence-electron chi connectivity index (χ3n) is 5.07. The van der Waals surface area contributed by atoms with Gasteiger partial charge in [-0.1, -0.05) is 47.6 Å². The molecule has 0 spiro atoms. The van der Waals surface area contributed by atoms with Crippen molar-refractivity contribution in [1.29, 1.82) is 0 Å². The summed E-state index contributed by atoms with van der Waals surface area (Å²) in [5.74, 6) is 1.03. The Hall–Kier alpha value is -3.18. The van der Waals surface area contributed by atoms with E-state index in [4.69, 9.17) is 4.52 Å². The van der Waals surface area contributed by atoms with Gasteiger partial charge in [0, 0.05) is 49.6 Å². The van der Waals surface area contributed by atoms with Crippen molar-refractivity contribution in [2.45, 2.75) is 19.5 Å². The minimum atomic E-state index is 0.865. The third kappa shape index (κ3) is 3.17. The zero-order valence-corrected chi connectivity index (χ0v) is 15.0. The molecule has 1 aliphatic heterocycles. The lowest BCUT2D eigenvalue weighted by Gasteiger charge is -2.26. The van der Waals surface area contributed by atoms with Crippen molar-refractivity contribution in [2.24, 2.45) is 0 Å². The zero-order chi connectivity index (χ0) is 18.1. The zero-order valence-electron chi connectivity index (χ0n) is 15.0. The minimum absolute atomic E-state index is 0.865. The Labute approximate surface area is 157 Å². The Morgan fingerprint density at radius 2 is 1.81 bits per heavy atom. The quantitative estimate of drug-likeness (QED) is 0.553. The first-order valence-corrected chi connectivity index (χ1v) is 9.21. The van der Waals surface area contributed by atoms with Crippen LogP contribution in [0.15, 0.2) is 77.6 Å². The molecule has 5 nitrogen and oxygen atoms in total. The number of fused-ring (bicyclic) bond motifs is 1. The lowest BCUT2D eigenvalue weighted by Crippen LogP contribution is -2.29. The Morgan fingerprint density at radius 1 is 0.963 bits per heavy atom. The van der Waals surface area contributed by atoms with Gasteiger partial charge in [-0.25, -0.2) is 4.68 Å². The largest absolute Gasteiger partial charge is 0.360 e. The highest BCUT2D eigenvalue weighted by Crippen LogP contribution is 2.30. The fourth-order valence-corrected chi connectivity index (χ4v) is 3.66. The summed E-state index contributed by atoms with van der Waals surface area (Å²) >= 11 is 0. The second-order valence-electron chi connectivity index (χ2n) is 6.88. The van der Waals surface area contributed by atoms with Crippen LogP contribution in [-0.4, -0.2) is 26.4 Å². The van der Waals surface area contributed by atoms with Gasteiger partial charge in [0.25, 0.3) is 0 Å². The minimum Gasteiger partial charge on any atom is -0.360 e. The smallest absolute Gasteiger partial charge is 0.143 e. The van der Waals surface area contributed by atoms with Crippen LogP contribution in [0.25, 0.3) is 16.9 Å². The van der Waals surface area contributed by atoms with Crippen LogP contribution in [0.3, 0.4) is 0 Å². The first kappa shape index (κ1) is 16.0. The summed E-state index contributed by atoms with van der Waals surface area (Å²) in [7, 11) is 0. The van der Waals surface area contributed by atoms with E-state index in [2.05, 4.69) is 51.6 Å². The first-order valence-electron chi connectivity index (χ1n) is 9.21. The fraction of sp³-hybridized carbons (Fsp3) is 0.182.